The Morgan fingerprint density at radius 3 is 2.35 bits per heavy atom. The van der Waals surface area contributed by atoms with Crippen LogP contribution in [0.3, 0.4) is 0 Å². The number of alkyl halides is 3. The van der Waals surface area contributed by atoms with Gasteiger partial charge in [0, 0.05) is 5.41 Å². The minimum Gasteiger partial charge on any atom is -0.367 e. The quantitative estimate of drug-likeness (QED) is 0.832. The van der Waals surface area contributed by atoms with Crippen LogP contribution in [0.2, 0.25) is 5.02 Å². The van der Waals surface area contributed by atoms with Crippen LogP contribution >= 0.6 is 11.6 Å². The zero-order chi connectivity index (χ0) is 15.6. The SMILES string of the molecule is CC(C)(C)C(=O)NCNc1cc(C(F)(F)F)ccc1Cl. The predicted octanol–water partition coefficient (Wildman–Crippen LogP) is 3.89. The van der Waals surface area contributed by atoms with E-state index in [0.717, 1.165) is 18.2 Å². The number of halogens is 4. The molecule has 1 aromatic carbocycles. The standard InChI is InChI=1S/C13H16ClF3N2O/c1-12(2,3)11(20)19-7-18-10-6-8(13(15,16)17)4-5-9(10)14/h4-6,18H,7H2,1-3H3,(H,19,20). The number of amides is 1. The molecule has 0 aliphatic rings. The van der Waals surface area contributed by atoms with Gasteiger partial charge in [0.2, 0.25) is 5.91 Å². The van der Waals surface area contributed by atoms with Gasteiger partial charge in [0.05, 0.1) is 22.9 Å². The molecule has 0 heterocycles. The molecule has 0 aliphatic carbocycles. The molecule has 0 saturated carbocycles. The van der Waals surface area contributed by atoms with E-state index in [2.05, 4.69) is 10.6 Å². The van der Waals surface area contributed by atoms with Crippen LogP contribution in [-0.4, -0.2) is 12.6 Å². The summed E-state index contributed by atoms with van der Waals surface area (Å²) < 4.78 is 37.7. The summed E-state index contributed by atoms with van der Waals surface area (Å²) in [6.45, 7) is 5.20. The van der Waals surface area contributed by atoms with E-state index >= 15 is 0 Å². The molecule has 0 atom stereocenters. The first-order valence-corrected chi connectivity index (χ1v) is 6.28. The van der Waals surface area contributed by atoms with E-state index in [1.165, 1.54) is 0 Å². The Bertz CT molecular complexity index is 495. The molecular formula is C13H16ClF3N2O. The van der Waals surface area contributed by atoms with Crippen LogP contribution in [0.25, 0.3) is 0 Å². The van der Waals surface area contributed by atoms with Crippen molar-refractivity contribution in [3.8, 4) is 0 Å². The molecule has 0 aromatic heterocycles. The van der Waals surface area contributed by atoms with Gasteiger partial charge in [0.15, 0.2) is 0 Å². The normalized spacial score (nSPS) is 12.2. The molecule has 2 N–H and O–H groups in total. The summed E-state index contributed by atoms with van der Waals surface area (Å²) in [6.07, 6.45) is -4.43. The van der Waals surface area contributed by atoms with Gasteiger partial charge in [-0.3, -0.25) is 4.79 Å². The number of rotatable bonds is 3. The molecule has 1 amide bonds. The first kappa shape index (κ1) is 16.6. The van der Waals surface area contributed by atoms with Gasteiger partial charge in [-0.1, -0.05) is 32.4 Å². The average molecular weight is 309 g/mol. The highest BCUT2D eigenvalue weighted by Gasteiger charge is 2.31. The van der Waals surface area contributed by atoms with Crippen molar-refractivity contribution in [2.24, 2.45) is 5.41 Å². The van der Waals surface area contributed by atoms with E-state index in [0.29, 0.717) is 0 Å². The second kappa shape index (κ2) is 5.91. The molecular weight excluding hydrogens is 293 g/mol. The fourth-order valence-electron chi connectivity index (χ4n) is 1.32. The second-order valence-corrected chi connectivity index (χ2v) is 5.71. The summed E-state index contributed by atoms with van der Waals surface area (Å²) in [5.74, 6) is -0.215. The maximum absolute atomic E-state index is 12.6. The molecule has 0 aliphatic heterocycles. The van der Waals surface area contributed by atoms with Gasteiger partial charge < -0.3 is 10.6 Å². The maximum Gasteiger partial charge on any atom is 0.416 e. The molecule has 0 unspecified atom stereocenters. The van der Waals surface area contributed by atoms with Crippen molar-refractivity contribution in [3.05, 3.63) is 28.8 Å². The molecule has 7 heteroatoms. The highest BCUT2D eigenvalue weighted by molar-refractivity contribution is 6.33. The Balaban J connectivity index is 2.71. The molecule has 0 bridgehead atoms. The Labute approximate surface area is 120 Å². The van der Waals surface area contributed by atoms with Crippen molar-refractivity contribution in [2.75, 3.05) is 12.0 Å². The number of nitrogens with one attached hydrogen (secondary N) is 2. The van der Waals surface area contributed by atoms with Gasteiger partial charge in [-0.2, -0.15) is 13.2 Å². The Morgan fingerprint density at radius 1 is 1.25 bits per heavy atom. The smallest absolute Gasteiger partial charge is 0.367 e. The lowest BCUT2D eigenvalue weighted by molar-refractivity contribution is -0.137. The van der Waals surface area contributed by atoms with E-state index in [4.69, 9.17) is 11.6 Å². The van der Waals surface area contributed by atoms with E-state index < -0.39 is 17.2 Å². The largest absolute Gasteiger partial charge is 0.416 e. The van der Waals surface area contributed by atoms with Crippen LogP contribution in [0.4, 0.5) is 18.9 Å². The number of hydrogen-bond donors (Lipinski definition) is 2. The Hall–Kier alpha value is -1.43. The molecule has 0 radical (unpaired) electrons. The van der Waals surface area contributed by atoms with Crippen LogP contribution in [0.15, 0.2) is 18.2 Å². The maximum atomic E-state index is 12.6. The van der Waals surface area contributed by atoms with Crippen molar-refractivity contribution in [2.45, 2.75) is 26.9 Å². The minimum absolute atomic E-state index is 0.00284. The van der Waals surface area contributed by atoms with Crippen molar-refractivity contribution >= 4 is 23.2 Å². The molecule has 0 spiro atoms. The first-order chi connectivity index (χ1) is 9.01. The van der Waals surface area contributed by atoms with Gasteiger partial charge in [0.1, 0.15) is 0 Å². The second-order valence-electron chi connectivity index (χ2n) is 5.30. The fourth-order valence-corrected chi connectivity index (χ4v) is 1.51. The van der Waals surface area contributed by atoms with Crippen LogP contribution < -0.4 is 10.6 Å². The summed E-state index contributed by atoms with van der Waals surface area (Å²) in [7, 11) is 0. The lowest BCUT2D eigenvalue weighted by Gasteiger charge is -2.19. The Morgan fingerprint density at radius 2 is 1.85 bits per heavy atom. The van der Waals surface area contributed by atoms with Gasteiger partial charge in [-0.05, 0) is 18.2 Å². The third-order valence-electron chi connectivity index (χ3n) is 2.50. The third kappa shape index (κ3) is 4.59. The number of anilines is 1. The Kier molecular flexibility index (Phi) is 4.91. The summed E-state index contributed by atoms with van der Waals surface area (Å²) in [4.78, 5) is 11.6. The van der Waals surface area contributed by atoms with Crippen LogP contribution in [0.5, 0.6) is 0 Å². The molecule has 3 nitrogen and oxygen atoms in total. The molecule has 0 fully saturated rings. The zero-order valence-corrected chi connectivity index (χ0v) is 12.1. The van der Waals surface area contributed by atoms with Crippen LogP contribution in [0.1, 0.15) is 26.3 Å². The molecule has 0 saturated heterocycles. The topological polar surface area (TPSA) is 41.1 Å². The summed E-state index contributed by atoms with van der Waals surface area (Å²) in [5, 5.41) is 5.39. The van der Waals surface area contributed by atoms with Gasteiger partial charge in [-0.15, -0.1) is 0 Å². The van der Waals surface area contributed by atoms with Crippen molar-refractivity contribution in [1.82, 2.24) is 5.32 Å². The van der Waals surface area contributed by atoms with Gasteiger partial charge in [-0.25, -0.2) is 0 Å². The summed E-state index contributed by atoms with van der Waals surface area (Å²) >= 11 is 5.81. The first-order valence-electron chi connectivity index (χ1n) is 5.91. The predicted molar refractivity (Wildman–Crippen MR) is 72.5 cm³/mol. The van der Waals surface area contributed by atoms with Crippen molar-refractivity contribution in [1.29, 1.82) is 0 Å². The lowest BCUT2D eigenvalue weighted by atomic mass is 9.96. The third-order valence-corrected chi connectivity index (χ3v) is 2.83. The van der Waals surface area contributed by atoms with Crippen LogP contribution in [-0.2, 0) is 11.0 Å². The van der Waals surface area contributed by atoms with E-state index in [1.54, 1.807) is 20.8 Å². The molecule has 112 valence electrons. The van der Waals surface area contributed by atoms with Crippen molar-refractivity contribution in [3.63, 3.8) is 0 Å². The van der Waals surface area contributed by atoms with Crippen molar-refractivity contribution < 1.29 is 18.0 Å². The van der Waals surface area contributed by atoms with E-state index in [-0.39, 0.29) is 23.3 Å². The van der Waals surface area contributed by atoms with E-state index in [9.17, 15) is 18.0 Å². The number of hydrogen-bond acceptors (Lipinski definition) is 2. The number of benzene rings is 1. The monoisotopic (exact) mass is 308 g/mol. The van der Waals surface area contributed by atoms with Crippen LogP contribution in [0, 0.1) is 5.41 Å². The number of carbonyl (C=O) groups is 1. The molecule has 1 rings (SSSR count). The highest BCUT2D eigenvalue weighted by atomic mass is 35.5. The van der Waals surface area contributed by atoms with Gasteiger partial charge in [0.25, 0.3) is 0 Å². The summed E-state index contributed by atoms with van der Waals surface area (Å²) in [6, 6.07) is 2.98. The number of carbonyl (C=O) groups excluding carboxylic acids is 1. The zero-order valence-electron chi connectivity index (χ0n) is 11.4. The highest BCUT2D eigenvalue weighted by Crippen LogP contribution is 2.33. The average Bonchev–Trinajstić information content (AvgIpc) is 2.28. The van der Waals surface area contributed by atoms with E-state index in [1.807, 2.05) is 0 Å². The van der Waals surface area contributed by atoms with Gasteiger partial charge >= 0.3 is 6.18 Å². The fraction of sp³-hybridized carbons (Fsp3) is 0.462. The molecule has 1 aromatic rings. The molecule has 20 heavy (non-hydrogen) atoms. The minimum atomic E-state index is -4.43. The lowest BCUT2D eigenvalue weighted by Crippen LogP contribution is -2.37. The summed E-state index contributed by atoms with van der Waals surface area (Å²) in [5.41, 5.74) is -1.25.